The van der Waals surface area contributed by atoms with Gasteiger partial charge in [0.15, 0.2) is 0 Å². The van der Waals surface area contributed by atoms with Crippen LogP contribution in [0.25, 0.3) is 0 Å². The van der Waals surface area contributed by atoms with Crippen molar-refractivity contribution in [2.45, 2.75) is 38.1 Å². The number of likely N-dealkylation sites (tertiary alicyclic amines) is 1. The molecule has 0 aromatic heterocycles. The molecule has 5 N–H and O–H groups in total. The third kappa shape index (κ3) is 7.33. The number of nitrogens with two attached hydrogens (primary N) is 1. The van der Waals surface area contributed by atoms with Crippen LogP contribution in [0.1, 0.15) is 42.5 Å². The Hall–Kier alpha value is -3.88. The summed E-state index contributed by atoms with van der Waals surface area (Å²) in [6.45, 7) is 0.789. The number of ether oxygens (including phenoxy) is 1. The lowest BCUT2D eigenvalue weighted by molar-refractivity contribution is -0.137. The minimum atomic E-state index is -0.522. The van der Waals surface area contributed by atoms with E-state index in [1.54, 1.807) is 24.3 Å². The second-order valence-corrected chi connectivity index (χ2v) is 8.14. The first kappa shape index (κ1) is 24.8. The molecule has 3 rings (SSSR count). The molecule has 1 atom stereocenters. The molecular formula is C25H31N5O4. The summed E-state index contributed by atoms with van der Waals surface area (Å²) in [5.41, 5.74) is 5.74. The van der Waals surface area contributed by atoms with E-state index in [1.807, 2.05) is 30.3 Å². The molecule has 0 bridgehead atoms. The summed E-state index contributed by atoms with van der Waals surface area (Å²) < 4.78 is 5.72. The Balaban J connectivity index is 1.44. The first-order chi connectivity index (χ1) is 16.4. The van der Waals surface area contributed by atoms with Crippen LogP contribution >= 0.6 is 0 Å². The predicted octanol–water partition coefficient (Wildman–Crippen LogP) is 2.42. The standard InChI is InChI=1S/C25H31N5O4/c26-22(27)10-4-5-15-28-25(33)21-9-6-16-30(21)23(31)17-29-24(32)18-11-13-20(14-12-18)34-19-7-2-1-3-8-19/h1-3,7-8,11-14,21H,4-6,9-10,15-17H2,(H3,26,27)(H,28,33)(H,29,32)/t21-/m0/s1. The summed E-state index contributed by atoms with van der Waals surface area (Å²) in [7, 11) is 0. The fourth-order valence-corrected chi connectivity index (χ4v) is 3.77. The maximum Gasteiger partial charge on any atom is 0.251 e. The van der Waals surface area contributed by atoms with E-state index in [4.69, 9.17) is 15.9 Å². The van der Waals surface area contributed by atoms with Crippen molar-refractivity contribution in [3.8, 4) is 11.5 Å². The molecule has 1 saturated heterocycles. The lowest BCUT2D eigenvalue weighted by atomic mass is 10.2. The average molecular weight is 466 g/mol. The van der Waals surface area contributed by atoms with Gasteiger partial charge in [-0.15, -0.1) is 0 Å². The van der Waals surface area contributed by atoms with E-state index in [9.17, 15) is 14.4 Å². The number of carbonyl (C=O) groups excluding carboxylic acids is 3. The number of amidine groups is 1. The number of amides is 3. The lowest BCUT2D eigenvalue weighted by Gasteiger charge is -2.24. The Kier molecular flexibility index (Phi) is 9.02. The van der Waals surface area contributed by atoms with E-state index in [0.717, 1.165) is 19.3 Å². The number of unbranched alkanes of at least 4 members (excludes halogenated alkanes) is 1. The Labute approximate surface area is 199 Å². The molecule has 1 aliphatic heterocycles. The van der Waals surface area contributed by atoms with E-state index in [-0.39, 0.29) is 30.1 Å². The van der Waals surface area contributed by atoms with Crippen LogP contribution in [0.4, 0.5) is 0 Å². The Morgan fingerprint density at radius 2 is 1.71 bits per heavy atom. The fourth-order valence-electron chi connectivity index (χ4n) is 3.77. The SMILES string of the molecule is N=C(N)CCCCNC(=O)[C@@H]1CCCN1C(=O)CNC(=O)c1ccc(Oc2ccccc2)cc1. The summed E-state index contributed by atoms with van der Waals surface area (Å²) in [5, 5.41) is 12.7. The maximum absolute atomic E-state index is 12.7. The molecule has 9 nitrogen and oxygen atoms in total. The molecule has 1 fully saturated rings. The first-order valence-electron chi connectivity index (χ1n) is 11.5. The molecule has 9 heteroatoms. The third-order valence-electron chi connectivity index (χ3n) is 5.54. The van der Waals surface area contributed by atoms with Gasteiger partial charge in [-0.05, 0) is 62.1 Å². The molecular weight excluding hydrogens is 434 g/mol. The summed E-state index contributed by atoms with van der Waals surface area (Å²) in [4.78, 5) is 39.2. The lowest BCUT2D eigenvalue weighted by Crippen LogP contribution is -2.49. The average Bonchev–Trinajstić information content (AvgIpc) is 3.33. The van der Waals surface area contributed by atoms with Gasteiger partial charge in [0.05, 0.1) is 12.4 Å². The normalized spacial score (nSPS) is 14.9. The van der Waals surface area contributed by atoms with Gasteiger partial charge in [-0.2, -0.15) is 0 Å². The van der Waals surface area contributed by atoms with Gasteiger partial charge in [-0.1, -0.05) is 18.2 Å². The van der Waals surface area contributed by atoms with Crippen molar-refractivity contribution in [3.05, 3.63) is 60.2 Å². The van der Waals surface area contributed by atoms with Crippen LogP contribution in [-0.4, -0.2) is 54.1 Å². The van der Waals surface area contributed by atoms with E-state index in [1.165, 1.54) is 4.90 Å². The van der Waals surface area contributed by atoms with Crippen molar-refractivity contribution in [2.24, 2.45) is 5.73 Å². The minimum absolute atomic E-state index is 0.136. The Bertz CT molecular complexity index is 994. The summed E-state index contributed by atoms with van der Waals surface area (Å²) in [6, 6.07) is 15.5. The zero-order valence-corrected chi connectivity index (χ0v) is 19.1. The van der Waals surface area contributed by atoms with Gasteiger partial charge >= 0.3 is 0 Å². The van der Waals surface area contributed by atoms with Gasteiger partial charge in [0.25, 0.3) is 5.91 Å². The smallest absolute Gasteiger partial charge is 0.251 e. The van der Waals surface area contributed by atoms with Gasteiger partial charge in [0.2, 0.25) is 11.8 Å². The molecule has 34 heavy (non-hydrogen) atoms. The molecule has 1 aliphatic rings. The van der Waals surface area contributed by atoms with E-state index >= 15 is 0 Å². The Morgan fingerprint density at radius 1 is 1.00 bits per heavy atom. The van der Waals surface area contributed by atoms with Crippen molar-refractivity contribution in [1.29, 1.82) is 5.41 Å². The van der Waals surface area contributed by atoms with Gasteiger partial charge in [0.1, 0.15) is 17.5 Å². The quantitative estimate of drug-likeness (QED) is 0.229. The molecule has 2 aromatic carbocycles. The molecule has 0 spiro atoms. The van der Waals surface area contributed by atoms with Crippen LogP contribution in [0.2, 0.25) is 0 Å². The highest BCUT2D eigenvalue weighted by Gasteiger charge is 2.33. The second kappa shape index (κ2) is 12.4. The molecule has 3 amide bonds. The molecule has 0 radical (unpaired) electrons. The van der Waals surface area contributed by atoms with Crippen LogP contribution in [-0.2, 0) is 9.59 Å². The van der Waals surface area contributed by atoms with Crippen molar-refractivity contribution in [3.63, 3.8) is 0 Å². The minimum Gasteiger partial charge on any atom is -0.457 e. The fraction of sp³-hybridized carbons (Fsp3) is 0.360. The summed E-state index contributed by atoms with van der Waals surface area (Å²) in [6.07, 6.45) is 3.30. The number of benzene rings is 2. The highest BCUT2D eigenvalue weighted by molar-refractivity contribution is 5.97. The number of hydrogen-bond donors (Lipinski definition) is 4. The van der Waals surface area contributed by atoms with Crippen molar-refractivity contribution >= 4 is 23.6 Å². The number of nitrogens with zero attached hydrogens (tertiary/aromatic N) is 1. The van der Waals surface area contributed by atoms with Gasteiger partial charge in [0, 0.05) is 25.1 Å². The predicted molar refractivity (Wildman–Crippen MR) is 129 cm³/mol. The number of carbonyl (C=O) groups is 3. The van der Waals surface area contributed by atoms with Crippen LogP contribution in [0.5, 0.6) is 11.5 Å². The van der Waals surface area contributed by atoms with Crippen LogP contribution in [0, 0.1) is 5.41 Å². The molecule has 0 saturated carbocycles. The molecule has 0 aliphatic carbocycles. The number of para-hydroxylation sites is 1. The van der Waals surface area contributed by atoms with E-state index in [0.29, 0.717) is 43.0 Å². The molecule has 0 unspecified atom stereocenters. The van der Waals surface area contributed by atoms with Gasteiger partial charge in [-0.25, -0.2) is 0 Å². The number of nitrogens with one attached hydrogen (secondary N) is 3. The summed E-state index contributed by atoms with van der Waals surface area (Å²) in [5.74, 6) is 0.597. The van der Waals surface area contributed by atoms with E-state index in [2.05, 4.69) is 10.6 Å². The van der Waals surface area contributed by atoms with Crippen molar-refractivity contribution < 1.29 is 19.1 Å². The number of rotatable bonds is 11. The third-order valence-corrected chi connectivity index (χ3v) is 5.54. The monoisotopic (exact) mass is 465 g/mol. The topological polar surface area (TPSA) is 138 Å². The first-order valence-corrected chi connectivity index (χ1v) is 11.5. The molecule has 180 valence electrons. The molecule has 1 heterocycles. The van der Waals surface area contributed by atoms with E-state index < -0.39 is 6.04 Å². The van der Waals surface area contributed by atoms with Crippen LogP contribution in [0.3, 0.4) is 0 Å². The largest absolute Gasteiger partial charge is 0.457 e. The molecule has 2 aromatic rings. The van der Waals surface area contributed by atoms with Gasteiger partial charge < -0.3 is 26.0 Å². The van der Waals surface area contributed by atoms with Gasteiger partial charge in [-0.3, -0.25) is 19.8 Å². The zero-order valence-electron chi connectivity index (χ0n) is 19.1. The zero-order chi connectivity index (χ0) is 24.3. The highest BCUT2D eigenvalue weighted by Crippen LogP contribution is 2.21. The second-order valence-electron chi connectivity index (χ2n) is 8.14. The maximum atomic E-state index is 12.7. The highest BCUT2D eigenvalue weighted by atomic mass is 16.5. The van der Waals surface area contributed by atoms with Crippen molar-refractivity contribution in [1.82, 2.24) is 15.5 Å². The number of hydrogen-bond acceptors (Lipinski definition) is 5. The van der Waals surface area contributed by atoms with Crippen molar-refractivity contribution in [2.75, 3.05) is 19.6 Å². The Morgan fingerprint density at radius 3 is 2.41 bits per heavy atom. The summed E-state index contributed by atoms with van der Waals surface area (Å²) >= 11 is 0. The van der Waals surface area contributed by atoms with Crippen LogP contribution in [0.15, 0.2) is 54.6 Å². The van der Waals surface area contributed by atoms with Crippen LogP contribution < -0.4 is 21.1 Å².